The van der Waals surface area contributed by atoms with Crippen LogP contribution < -0.4 is 10.6 Å². The van der Waals surface area contributed by atoms with Gasteiger partial charge in [-0.2, -0.15) is 0 Å². The van der Waals surface area contributed by atoms with Crippen molar-refractivity contribution < 1.29 is 0 Å². The molecule has 0 rings (SSSR count). The molecule has 0 radical (unpaired) electrons. The Morgan fingerprint density at radius 1 is 0.929 bits per heavy atom. The van der Waals surface area contributed by atoms with Crippen LogP contribution >= 0.6 is 0 Å². The van der Waals surface area contributed by atoms with E-state index < -0.39 is 0 Å². The predicted molar refractivity (Wildman–Crippen MR) is 64.7 cm³/mol. The molecule has 0 aliphatic rings. The third-order valence-electron chi connectivity index (χ3n) is 2.39. The van der Waals surface area contributed by atoms with Crippen LogP contribution in [-0.4, -0.2) is 25.2 Å². The van der Waals surface area contributed by atoms with Gasteiger partial charge >= 0.3 is 0 Å². The Morgan fingerprint density at radius 3 is 2.14 bits per heavy atom. The molecule has 2 heteroatoms. The third-order valence-corrected chi connectivity index (χ3v) is 2.39. The molecule has 2 nitrogen and oxygen atoms in total. The van der Waals surface area contributed by atoms with Gasteiger partial charge in [-0.05, 0) is 32.9 Å². The molecular formula is C12H28N2. The molecule has 86 valence electrons. The van der Waals surface area contributed by atoms with Crippen molar-refractivity contribution in [3.8, 4) is 0 Å². The molecule has 0 aliphatic heterocycles. The fraction of sp³-hybridized carbons (Fsp3) is 1.00. The summed E-state index contributed by atoms with van der Waals surface area (Å²) in [5.74, 6) is 0. The summed E-state index contributed by atoms with van der Waals surface area (Å²) in [5, 5.41) is 6.97. The fourth-order valence-electron chi connectivity index (χ4n) is 1.44. The predicted octanol–water partition coefficient (Wildman–Crippen LogP) is 2.54. The smallest absolute Gasteiger partial charge is 0.00387 e. The van der Waals surface area contributed by atoms with Crippen molar-refractivity contribution in [2.24, 2.45) is 0 Å². The summed E-state index contributed by atoms with van der Waals surface area (Å²) in [5.41, 5.74) is 0. The van der Waals surface area contributed by atoms with Crippen molar-refractivity contribution in [1.29, 1.82) is 0 Å². The van der Waals surface area contributed by atoms with E-state index in [1.54, 1.807) is 0 Å². The van der Waals surface area contributed by atoms with Gasteiger partial charge in [0.1, 0.15) is 0 Å². The van der Waals surface area contributed by atoms with Gasteiger partial charge in [0.15, 0.2) is 0 Å². The Kier molecular flexibility index (Phi) is 9.42. The summed E-state index contributed by atoms with van der Waals surface area (Å²) in [7, 11) is 0. The lowest BCUT2D eigenvalue weighted by Gasteiger charge is -2.13. The van der Waals surface area contributed by atoms with E-state index in [9.17, 15) is 0 Å². The van der Waals surface area contributed by atoms with Gasteiger partial charge in [-0.3, -0.25) is 0 Å². The summed E-state index contributed by atoms with van der Waals surface area (Å²) in [6, 6.07) is 1.31. The van der Waals surface area contributed by atoms with Crippen molar-refractivity contribution >= 4 is 0 Å². The summed E-state index contributed by atoms with van der Waals surface area (Å²) in [4.78, 5) is 0. The molecule has 2 N–H and O–H groups in total. The lowest BCUT2D eigenvalue weighted by molar-refractivity contribution is 0.475. The van der Waals surface area contributed by atoms with Crippen LogP contribution in [0.2, 0.25) is 0 Å². The molecule has 0 amide bonds. The number of unbranched alkanes of at least 4 members (excludes halogenated alkanes) is 1. The topological polar surface area (TPSA) is 24.1 Å². The highest BCUT2D eigenvalue weighted by molar-refractivity contribution is 4.61. The first-order chi connectivity index (χ1) is 6.66. The Labute approximate surface area is 89.9 Å². The van der Waals surface area contributed by atoms with Crippen LogP contribution in [0.3, 0.4) is 0 Å². The minimum Gasteiger partial charge on any atom is -0.314 e. The second kappa shape index (κ2) is 9.47. The van der Waals surface area contributed by atoms with Gasteiger partial charge in [-0.25, -0.2) is 0 Å². The molecule has 0 aromatic rings. The van der Waals surface area contributed by atoms with Gasteiger partial charge in [-0.15, -0.1) is 0 Å². The van der Waals surface area contributed by atoms with Crippen LogP contribution in [0.15, 0.2) is 0 Å². The SMILES string of the molecule is CCCCC(C)NCCCNC(C)C. The molecule has 1 unspecified atom stereocenters. The number of rotatable bonds is 9. The van der Waals surface area contributed by atoms with Gasteiger partial charge < -0.3 is 10.6 Å². The molecule has 0 aromatic heterocycles. The highest BCUT2D eigenvalue weighted by atomic mass is 14.9. The molecule has 0 fully saturated rings. The van der Waals surface area contributed by atoms with Gasteiger partial charge in [0.2, 0.25) is 0 Å². The second-order valence-electron chi connectivity index (χ2n) is 4.46. The Bertz CT molecular complexity index is 113. The molecule has 0 saturated heterocycles. The summed E-state index contributed by atoms with van der Waals surface area (Å²) in [6.07, 6.45) is 5.20. The molecule has 0 aliphatic carbocycles. The molecule has 0 heterocycles. The van der Waals surface area contributed by atoms with E-state index in [-0.39, 0.29) is 0 Å². The average Bonchev–Trinajstić information content (AvgIpc) is 2.13. The van der Waals surface area contributed by atoms with E-state index in [0.717, 1.165) is 13.1 Å². The molecule has 0 saturated carbocycles. The molecular weight excluding hydrogens is 172 g/mol. The standard InChI is InChI=1S/C12H28N2/c1-5-6-8-12(4)14-10-7-9-13-11(2)3/h11-14H,5-10H2,1-4H3. The van der Waals surface area contributed by atoms with E-state index >= 15 is 0 Å². The van der Waals surface area contributed by atoms with Gasteiger partial charge in [0.05, 0.1) is 0 Å². The minimum absolute atomic E-state index is 0.618. The first-order valence-corrected chi connectivity index (χ1v) is 6.13. The lowest BCUT2D eigenvalue weighted by Crippen LogP contribution is -2.30. The van der Waals surface area contributed by atoms with Crippen molar-refractivity contribution in [2.75, 3.05) is 13.1 Å². The van der Waals surface area contributed by atoms with E-state index in [0.29, 0.717) is 12.1 Å². The first-order valence-electron chi connectivity index (χ1n) is 6.13. The quantitative estimate of drug-likeness (QED) is 0.559. The maximum Gasteiger partial charge on any atom is 0.00387 e. The summed E-state index contributed by atoms with van der Waals surface area (Å²) < 4.78 is 0. The number of hydrogen-bond donors (Lipinski definition) is 2. The van der Waals surface area contributed by atoms with Crippen LogP contribution in [0.25, 0.3) is 0 Å². The third kappa shape index (κ3) is 10.0. The molecule has 0 aromatic carbocycles. The molecule has 14 heavy (non-hydrogen) atoms. The average molecular weight is 200 g/mol. The van der Waals surface area contributed by atoms with Crippen molar-refractivity contribution in [3.05, 3.63) is 0 Å². The van der Waals surface area contributed by atoms with Gasteiger partial charge in [-0.1, -0.05) is 33.6 Å². The Morgan fingerprint density at radius 2 is 1.57 bits per heavy atom. The highest BCUT2D eigenvalue weighted by Gasteiger charge is 1.99. The van der Waals surface area contributed by atoms with Crippen LogP contribution in [-0.2, 0) is 0 Å². The van der Waals surface area contributed by atoms with Crippen molar-refractivity contribution in [2.45, 2.75) is 65.5 Å². The molecule has 0 bridgehead atoms. The second-order valence-corrected chi connectivity index (χ2v) is 4.46. The number of nitrogens with one attached hydrogen (secondary N) is 2. The molecule has 0 spiro atoms. The van der Waals surface area contributed by atoms with Gasteiger partial charge in [0, 0.05) is 12.1 Å². The Hall–Kier alpha value is -0.0800. The zero-order valence-corrected chi connectivity index (χ0v) is 10.4. The van der Waals surface area contributed by atoms with Crippen LogP contribution in [0.4, 0.5) is 0 Å². The van der Waals surface area contributed by atoms with E-state index in [2.05, 4.69) is 38.3 Å². The van der Waals surface area contributed by atoms with Crippen LogP contribution in [0, 0.1) is 0 Å². The van der Waals surface area contributed by atoms with Crippen LogP contribution in [0.5, 0.6) is 0 Å². The largest absolute Gasteiger partial charge is 0.314 e. The molecule has 1 atom stereocenters. The monoisotopic (exact) mass is 200 g/mol. The maximum atomic E-state index is 3.55. The Balaban J connectivity index is 3.10. The maximum absolute atomic E-state index is 3.55. The fourth-order valence-corrected chi connectivity index (χ4v) is 1.44. The zero-order valence-electron chi connectivity index (χ0n) is 10.4. The van der Waals surface area contributed by atoms with Crippen molar-refractivity contribution in [1.82, 2.24) is 10.6 Å². The summed E-state index contributed by atoms with van der Waals surface area (Å²) in [6.45, 7) is 11.2. The summed E-state index contributed by atoms with van der Waals surface area (Å²) >= 11 is 0. The van der Waals surface area contributed by atoms with Gasteiger partial charge in [0.25, 0.3) is 0 Å². The normalized spacial score (nSPS) is 13.5. The lowest BCUT2D eigenvalue weighted by atomic mass is 10.1. The van der Waals surface area contributed by atoms with Crippen molar-refractivity contribution in [3.63, 3.8) is 0 Å². The zero-order chi connectivity index (χ0) is 10.8. The number of hydrogen-bond acceptors (Lipinski definition) is 2. The van der Waals surface area contributed by atoms with Crippen LogP contribution in [0.1, 0.15) is 53.4 Å². The van der Waals surface area contributed by atoms with E-state index in [1.165, 1.54) is 25.7 Å². The minimum atomic E-state index is 0.618. The van der Waals surface area contributed by atoms with E-state index in [1.807, 2.05) is 0 Å². The van der Waals surface area contributed by atoms with E-state index in [4.69, 9.17) is 0 Å². The highest BCUT2D eigenvalue weighted by Crippen LogP contribution is 1.98. The first kappa shape index (κ1) is 13.9.